The van der Waals surface area contributed by atoms with Gasteiger partial charge in [-0.2, -0.15) is 0 Å². The van der Waals surface area contributed by atoms with Crippen molar-refractivity contribution >= 4 is 0 Å². The van der Waals surface area contributed by atoms with Gasteiger partial charge in [0.1, 0.15) is 5.82 Å². The van der Waals surface area contributed by atoms with Gasteiger partial charge in [-0.1, -0.05) is 6.92 Å². The van der Waals surface area contributed by atoms with Crippen LogP contribution < -0.4 is 0 Å². The molecule has 3 heteroatoms. The Morgan fingerprint density at radius 2 is 2.33 bits per heavy atom. The molecule has 66 valence electrons. The molecule has 0 fully saturated rings. The van der Waals surface area contributed by atoms with E-state index in [0.29, 0.717) is 0 Å². The molecule has 1 aromatic heterocycles. The smallest absolute Gasteiger partial charge is 0.123 e. The van der Waals surface area contributed by atoms with Gasteiger partial charge in [0.05, 0.1) is 6.54 Å². The van der Waals surface area contributed by atoms with Gasteiger partial charge < -0.3 is 4.57 Å². The number of likely N-dealkylation sites (N-methyl/N-ethyl adjacent to an activating group) is 1. The van der Waals surface area contributed by atoms with Gasteiger partial charge in [-0.15, -0.1) is 0 Å². The summed E-state index contributed by atoms with van der Waals surface area (Å²) in [6.07, 6.45) is 1.97. The molecule has 12 heavy (non-hydrogen) atoms. The molecule has 2 heterocycles. The summed E-state index contributed by atoms with van der Waals surface area (Å²) in [6.45, 7) is 8.75. The maximum Gasteiger partial charge on any atom is 0.123 e. The Morgan fingerprint density at radius 1 is 1.50 bits per heavy atom. The van der Waals surface area contributed by atoms with E-state index >= 15 is 0 Å². The third-order valence-electron chi connectivity index (χ3n) is 2.59. The number of imidazole rings is 1. The first-order valence-electron chi connectivity index (χ1n) is 4.54. The van der Waals surface area contributed by atoms with Crippen LogP contribution in [-0.2, 0) is 13.1 Å². The van der Waals surface area contributed by atoms with Crippen molar-refractivity contribution in [2.45, 2.75) is 26.9 Å². The Bertz CT molecular complexity index is 277. The standard InChI is InChI=1S/C9H15N3/c1-3-11-4-5-12-8(2)6-10-9(12)7-11/h6H,3-5,7H2,1-2H3. The van der Waals surface area contributed by atoms with Gasteiger partial charge in [-0.05, 0) is 13.5 Å². The summed E-state index contributed by atoms with van der Waals surface area (Å²) in [6, 6.07) is 0. The molecule has 0 spiro atoms. The summed E-state index contributed by atoms with van der Waals surface area (Å²) in [5.74, 6) is 1.22. The monoisotopic (exact) mass is 165 g/mol. The van der Waals surface area contributed by atoms with Crippen molar-refractivity contribution in [3.05, 3.63) is 17.7 Å². The van der Waals surface area contributed by atoms with Crippen LogP contribution in [0.5, 0.6) is 0 Å². The quantitative estimate of drug-likeness (QED) is 0.619. The van der Waals surface area contributed by atoms with Gasteiger partial charge in [0.15, 0.2) is 0 Å². The molecule has 1 aromatic rings. The molecule has 0 aromatic carbocycles. The Kier molecular flexibility index (Phi) is 1.89. The van der Waals surface area contributed by atoms with Crippen molar-refractivity contribution in [2.24, 2.45) is 0 Å². The maximum atomic E-state index is 4.38. The molecule has 0 radical (unpaired) electrons. The van der Waals surface area contributed by atoms with E-state index in [1.54, 1.807) is 0 Å². The number of hydrogen-bond acceptors (Lipinski definition) is 2. The van der Waals surface area contributed by atoms with E-state index in [9.17, 15) is 0 Å². The molecular formula is C9H15N3. The fourth-order valence-corrected chi connectivity index (χ4v) is 1.73. The molecule has 0 amide bonds. The molecule has 2 rings (SSSR count). The van der Waals surface area contributed by atoms with Crippen molar-refractivity contribution in [3.8, 4) is 0 Å². The summed E-state index contributed by atoms with van der Waals surface area (Å²) in [7, 11) is 0. The summed E-state index contributed by atoms with van der Waals surface area (Å²) < 4.78 is 2.31. The van der Waals surface area contributed by atoms with Crippen LogP contribution in [0, 0.1) is 6.92 Å². The predicted molar refractivity (Wildman–Crippen MR) is 47.9 cm³/mol. The van der Waals surface area contributed by atoms with Crippen LogP contribution >= 0.6 is 0 Å². The Morgan fingerprint density at radius 3 is 3.08 bits per heavy atom. The van der Waals surface area contributed by atoms with Crippen LogP contribution in [0.4, 0.5) is 0 Å². The van der Waals surface area contributed by atoms with Gasteiger partial charge >= 0.3 is 0 Å². The molecule has 0 N–H and O–H groups in total. The zero-order valence-corrected chi connectivity index (χ0v) is 7.75. The average Bonchev–Trinajstić information content (AvgIpc) is 2.47. The van der Waals surface area contributed by atoms with Crippen molar-refractivity contribution in [1.82, 2.24) is 14.5 Å². The predicted octanol–water partition coefficient (Wildman–Crippen LogP) is 1.03. The minimum atomic E-state index is 1.02. The van der Waals surface area contributed by atoms with E-state index < -0.39 is 0 Å². The highest BCUT2D eigenvalue weighted by molar-refractivity contribution is 5.05. The highest BCUT2D eigenvalue weighted by Crippen LogP contribution is 2.12. The van der Waals surface area contributed by atoms with Crippen LogP contribution in [-0.4, -0.2) is 27.5 Å². The Balaban J connectivity index is 2.24. The number of aryl methyl sites for hydroxylation is 1. The molecule has 0 saturated carbocycles. The maximum absolute atomic E-state index is 4.38. The third kappa shape index (κ3) is 1.14. The second-order valence-corrected chi connectivity index (χ2v) is 3.34. The summed E-state index contributed by atoms with van der Waals surface area (Å²) >= 11 is 0. The normalized spacial score (nSPS) is 17.8. The number of fused-ring (bicyclic) bond motifs is 1. The first kappa shape index (κ1) is 7.80. The zero-order chi connectivity index (χ0) is 8.55. The van der Waals surface area contributed by atoms with Crippen molar-refractivity contribution in [1.29, 1.82) is 0 Å². The average molecular weight is 165 g/mol. The van der Waals surface area contributed by atoms with E-state index in [2.05, 4.69) is 28.3 Å². The van der Waals surface area contributed by atoms with Crippen molar-refractivity contribution < 1.29 is 0 Å². The second-order valence-electron chi connectivity index (χ2n) is 3.34. The fraction of sp³-hybridized carbons (Fsp3) is 0.667. The number of aromatic nitrogens is 2. The largest absolute Gasteiger partial charge is 0.330 e. The minimum absolute atomic E-state index is 1.02. The minimum Gasteiger partial charge on any atom is -0.330 e. The topological polar surface area (TPSA) is 21.1 Å². The lowest BCUT2D eigenvalue weighted by Gasteiger charge is -2.26. The van der Waals surface area contributed by atoms with Gasteiger partial charge in [-0.3, -0.25) is 4.90 Å². The molecule has 0 aliphatic carbocycles. The van der Waals surface area contributed by atoms with Crippen LogP contribution in [0.15, 0.2) is 6.20 Å². The second kappa shape index (κ2) is 2.90. The molecular weight excluding hydrogens is 150 g/mol. The molecule has 0 saturated heterocycles. The highest BCUT2D eigenvalue weighted by Gasteiger charge is 2.16. The number of nitrogens with zero attached hydrogens (tertiary/aromatic N) is 3. The van der Waals surface area contributed by atoms with E-state index in [1.807, 2.05) is 6.20 Å². The van der Waals surface area contributed by atoms with Crippen LogP contribution in [0.3, 0.4) is 0 Å². The molecule has 1 aliphatic heterocycles. The summed E-state index contributed by atoms with van der Waals surface area (Å²) in [5.41, 5.74) is 1.29. The Labute approximate surface area is 73.0 Å². The molecule has 3 nitrogen and oxygen atoms in total. The lowest BCUT2D eigenvalue weighted by molar-refractivity contribution is 0.227. The van der Waals surface area contributed by atoms with Crippen LogP contribution in [0.25, 0.3) is 0 Å². The first-order valence-corrected chi connectivity index (χ1v) is 4.54. The lowest BCUT2D eigenvalue weighted by atomic mass is 10.3. The van der Waals surface area contributed by atoms with E-state index in [1.165, 1.54) is 18.1 Å². The van der Waals surface area contributed by atoms with Gasteiger partial charge in [0.25, 0.3) is 0 Å². The molecule has 0 unspecified atom stereocenters. The van der Waals surface area contributed by atoms with Crippen LogP contribution in [0.2, 0.25) is 0 Å². The summed E-state index contributed by atoms with van der Waals surface area (Å²) in [5, 5.41) is 0. The third-order valence-corrected chi connectivity index (χ3v) is 2.59. The van der Waals surface area contributed by atoms with E-state index in [0.717, 1.165) is 19.6 Å². The SMILES string of the molecule is CCN1CCn2c(C)cnc2C1. The highest BCUT2D eigenvalue weighted by atomic mass is 15.2. The fourth-order valence-electron chi connectivity index (χ4n) is 1.73. The molecule has 0 atom stereocenters. The van der Waals surface area contributed by atoms with Crippen molar-refractivity contribution in [2.75, 3.05) is 13.1 Å². The Hall–Kier alpha value is -0.830. The van der Waals surface area contributed by atoms with Gasteiger partial charge in [0.2, 0.25) is 0 Å². The zero-order valence-electron chi connectivity index (χ0n) is 7.75. The summed E-state index contributed by atoms with van der Waals surface area (Å²) in [4.78, 5) is 6.79. The van der Waals surface area contributed by atoms with Gasteiger partial charge in [0, 0.05) is 25.0 Å². The molecule has 0 bridgehead atoms. The van der Waals surface area contributed by atoms with E-state index in [-0.39, 0.29) is 0 Å². The first-order chi connectivity index (χ1) is 5.81. The van der Waals surface area contributed by atoms with E-state index in [4.69, 9.17) is 0 Å². The lowest BCUT2D eigenvalue weighted by Crippen LogP contribution is -2.33. The number of rotatable bonds is 1. The number of hydrogen-bond donors (Lipinski definition) is 0. The van der Waals surface area contributed by atoms with Crippen molar-refractivity contribution in [3.63, 3.8) is 0 Å². The van der Waals surface area contributed by atoms with Crippen LogP contribution in [0.1, 0.15) is 18.4 Å². The van der Waals surface area contributed by atoms with Gasteiger partial charge in [-0.25, -0.2) is 4.98 Å². The molecule has 1 aliphatic rings.